The summed E-state index contributed by atoms with van der Waals surface area (Å²) in [7, 11) is 0. The number of nitrogens with zero attached hydrogens (tertiary/aromatic N) is 6. The van der Waals surface area contributed by atoms with Crippen molar-refractivity contribution in [3.8, 4) is 0 Å². The molecule has 2 aliphatic rings. The van der Waals surface area contributed by atoms with Crippen LogP contribution < -0.4 is 15.5 Å². The van der Waals surface area contributed by atoms with Crippen LogP contribution in [0.1, 0.15) is 18.5 Å². The minimum atomic E-state index is -0.389. The number of hydrogen-bond donors (Lipinski definition) is 3. The molecule has 0 spiro atoms. The monoisotopic (exact) mass is 437 g/mol. The Hall–Kier alpha value is -3.54. The number of H-pyrrole nitrogens is 1. The summed E-state index contributed by atoms with van der Waals surface area (Å²) in [5.74, 6) is 1.51. The number of piperidine rings is 1. The van der Waals surface area contributed by atoms with Crippen LogP contribution in [0, 0.1) is 5.92 Å². The van der Waals surface area contributed by atoms with E-state index in [4.69, 9.17) is 0 Å². The predicted octanol–water partition coefficient (Wildman–Crippen LogP) is 1.80. The number of rotatable bonds is 5. The minimum absolute atomic E-state index is 0.343. The number of anilines is 2. The molecule has 5 heterocycles. The van der Waals surface area contributed by atoms with Crippen LogP contribution in [0.25, 0.3) is 17.2 Å². The highest BCUT2D eigenvalue weighted by atomic mass is 32.2. The number of hydrogen-bond acceptors (Lipinski definition) is 10. The SMILES string of the molecule is O=C1NC(=O)/C(=C/c2ccnc(N3CCC(CNc4ncnc5nc[nH]c45)CC3)n2)S1. The van der Waals surface area contributed by atoms with E-state index in [0.29, 0.717) is 28.1 Å². The second kappa shape index (κ2) is 8.30. The van der Waals surface area contributed by atoms with E-state index >= 15 is 0 Å². The molecule has 2 amide bonds. The summed E-state index contributed by atoms with van der Waals surface area (Å²) in [6.07, 6.45) is 8.40. The van der Waals surface area contributed by atoms with E-state index in [1.54, 1.807) is 24.7 Å². The number of amides is 2. The molecule has 3 aromatic heterocycles. The highest BCUT2D eigenvalue weighted by Gasteiger charge is 2.26. The maximum absolute atomic E-state index is 11.7. The van der Waals surface area contributed by atoms with Crippen molar-refractivity contribution in [3.05, 3.63) is 35.5 Å². The number of imide groups is 1. The van der Waals surface area contributed by atoms with Crippen LogP contribution in [-0.2, 0) is 4.79 Å². The van der Waals surface area contributed by atoms with Crippen molar-refractivity contribution >= 4 is 51.9 Å². The number of carbonyl (C=O) groups excluding carboxylic acids is 2. The van der Waals surface area contributed by atoms with Crippen LogP contribution in [0.2, 0.25) is 0 Å². The number of imidazole rings is 1. The zero-order valence-electron chi connectivity index (χ0n) is 16.4. The van der Waals surface area contributed by atoms with Crippen LogP contribution in [-0.4, -0.2) is 60.7 Å². The van der Waals surface area contributed by atoms with Crippen molar-refractivity contribution in [1.29, 1.82) is 0 Å². The van der Waals surface area contributed by atoms with Crippen LogP contribution in [0.5, 0.6) is 0 Å². The van der Waals surface area contributed by atoms with Crippen molar-refractivity contribution in [3.63, 3.8) is 0 Å². The first kappa shape index (κ1) is 19.4. The van der Waals surface area contributed by atoms with E-state index in [0.717, 1.165) is 55.6 Å². The number of thioether (sulfide) groups is 1. The molecular weight excluding hydrogens is 418 g/mol. The molecule has 2 saturated heterocycles. The lowest BCUT2D eigenvalue weighted by molar-refractivity contribution is -0.115. The third-order valence-electron chi connectivity index (χ3n) is 5.26. The van der Waals surface area contributed by atoms with Crippen molar-refractivity contribution in [2.75, 3.05) is 29.9 Å². The highest BCUT2D eigenvalue weighted by Crippen LogP contribution is 2.26. The zero-order chi connectivity index (χ0) is 21.2. The molecule has 0 aliphatic carbocycles. The van der Waals surface area contributed by atoms with Crippen LogP contribution in [0.15, 0.2) is 29.8 Å². The highest BCUT2D eigenvalue weighted by molar-refractivity contribution is 8.18. The van der Waals surface area contributed by atoms with Gasteiger partial charge in [-0.05, 0) is 42.7 Å². The Morgan fingerprint density at radius 3 is 2.87 bits per heavy atom. The quantitative estimate of drug-likeness (QED) is 0.506. The maximum atomic E-state index is 11.7. The van der Waals surface area contributed by atoms with Gasteiger partial charge in [0.2, 0.25) is 5.95 Å². The fourth-order valence-electron chi connectivity index (χ4n) is 3.63. The molecular formula is C19H19N9O2S. The molecule has 0 atom stereocenters. The van der Waals surface area contributed by atoms with E-state index in [-0.39, 0.29) is 11.1 Å². The molecule has 0 bridgehead atoms. The van der Waals surface area contributed by atoms with Gasteiger partial charge in [-0.25, -0.2) is 24.9 Å². The van der Waals surface area contributed by atoms with E-state index < -0.39 is 0 Å². The maximum Gasteiger partial charge on any atom is 0.290 e. The lowest BCUT2D eigenvalue weighted by atomic mass is 9.97. The Labute approximate surface area is 181 Å². The van der Waals surface area contributed by atoms with Gasteiger partial charge in [0.25, 0.3) is 11.1 Å². The Balaban J connectivity index is 1.19. The molecule has 2 fully saturated rings. The molecule has 0 unspecified atom stereocenters. The minimum Gasteiger partial charge on any atom is -0.368 e. The zero-order valence-corrected chi connectivity index (χ0v) is 17.2. The largest absolute Gasteiger partial charge is 0.368 e. The second-order valence-electron chi connectivity index (χ2n) is 7.27. The van der Waals surface area contributed by atoms with Gasteiger partial charge in [-0.1, -0.05) is 0 Å². The standard InChI is InChI=1S/C19H19N9O2S/c29-17-13(31-19(30)27-17)7-12-1-4-20-18(26-12)28-5-2-11(3-6-28)8-21-15-14-16(23-9-22-14)25-10-24-15/h1,4,7,9-11H,2-3,5-6,8H2,(H,27,29,30)(H2,21,22,23,24,25)/b13-7-. The molecule has 2 aliphatic heterocycles. The van der Waals surface area contributed by atoms with E-state index in [9.17, 15) is 9.59 Å². The summed E-state index contributed by atoms with van der Waals surface area (Å²) in [6.45, 7) is 2.49. The Kier molecular flexibility index (Phi) is 5.20. The van der Waals surface area contributed by atoms with Crippen molar-refractivity contribution in [2.45, 2.75) is 12.8 Å². The number of fused-ring (bicyclic) bond motifs is 1. The van der Waals surface area contributed by atoms with Gasteiger partial charge in [-0.3, -0.25) is 14.9 Å². The number of aromatic nitrogens is 6. The van der Waals surface area contributed by atoms with Crippen molar-refractivity contribution in [1.82, 2.24) is 35.2 Å². The van der Waals surface area contributed by atoms with Gasteiger partial charge in [0.15, 0.2) is 11.5 Å². The molecule has 3 N–H and O–H groups in total. The van der Waals surface area contributed by atoms with E-state index in [2.05, 4.69) is 45.4 Å². The van der Waals surface area contributed by atoms with Crippen LogP contribution in [0.3, 0.4) is 0 Å². The summed E-state index contributed by atoms with van der Waals surface area (Å²) in [5.41, 5.74) is 2.07. The molecule has 11 nitrogen and oxygen atoms in total. The molecule has 0 aromatic carbocycles. The number of carbonyl (C=O) groups is 2. The number of aromatic amines is 1. The van der Waals surface area contributed by atoms with Gasteiger partial charge >= 0.3 is 0 Å². The number of nitrogens with one attached hydrogen (secondary N) is 3. The average molecular weight is 437 g/mol. The van der Waals surface area contributed by atoms with Crippen molar-refractivity contribution < 1.29 is 9.59 Å². The first-order valence-corrected chi connectivity index (χ1v) is 10.7. The van der Waals surface area contributed by atoms with Crippen LogP contribution in [0.4, 0.5) is 16.6 Å². The summed E-state index contributed by atoms with van der Waals surface area (Å²) in [6, 6.07) is 1.72. The Morgan fingerprint density at radius 2 is 2.06 bits per heavy atom. The van der Waals surface area contributed by atoms with Gasteiger partial charge in [-0.15, -0.1) is 0 Å². The normalized spacial score (nSPS) is 18.7. The Morgan fingerprint density at radius 1 is 1.19 bits per heavy atom. The Bertz CT molecular complexity index is 1170. The molecule has 5 rings (SSSR count). The van der Waals surface area contributed by atoms with E-state index in [1.165, 1.54) is 6.33 Å². The molecule has 0 saturated carbocycles. The smallest absolute Gasteiger partial charge is 0.290 e. The van der Waals surface area contributed by atoms with Gasteiger partial charge in [0.05, 0.1) is 16.9 Å². The van der Waals surface area contributed by atoms with Gasteiger partial charge in [0.1, 0.15) is 11.8 Å². The first-order valence-electron chi connectivity index (χ1n) is 9.86. The second-order valence-corrected chi connectivity index (χ2v) is 8.28. The summed E-state index contributed by atoms with van der Waals surface area (Å²) < 4.78 is 0. The lowest BCUT2D eigenvalue weighted by Gasteiger charge is -2.32. The third kappa shape index (κ3) is 4.19. The summed E-state index contributed by atoms with van der Waals surface area (Å²) in [5, 5.41) is 5.29. The average Bonchev–Trinajstić information content (AvgIpc) is 3.39. The van der Waals surface area contributed by atoms with E-state index in [1.807, 2.05) is 0 Å². The van der Waals surface area contributed by atoms with Crippen molar-refractivity contribution in [2.24, 2.45) is 5.92 Å². The van der Waals surface area contributed by atoms with Gasteiger partial charge < -0.3 is 15.2 Å². The fourth-order valence-corrected chi connectivity index (χ4v) is 4.29. The third-order valence-corrected chi connectivity index (χ3v) is 6.07. The first-order chi connectivity index (χ1) is 15.2. The van der Waals surface area contributed by atoms with Crippen LogP contribution >= 0.6 is 11.8 Å². The molecule has 3 aromatic rings. The van der Waals surface area contributed by atoms with Gasteiger partial charge in [-0.2, -0.15) is 0 Å². The topological polar surface area (TPSA) is 142 Å². The fraction of sp³-hybridized carbons (Fsp3) is 0.316. The lowest BCUT2D eigenvalue weighted by Crippen LogP contribution is -2.37. The summed E-state index contributed by atoms with van der Waals surface area (Å²) >= 11 is 0.880. The molecule has 158 valence electrons. The predicted molar refractivity (Wildman–Crippen MR) is 116 cm³/mol. The van der Waals surface area contributed by atoms with Gasteiger partial charge in [0, 0.05) is 25.8 Å². The summed E-state index contributed by atoms with van der Waals surface area (Å²) in [4.78, 5) is 50.1. The molecule has 12 heteroatoms. The molecule has 0 radical (unpaired) electrons. The molecule has 31 heavy (non-hydrogen) atoms.